The van der Waals surface area contributed by atoms with Crippen molar-refractivity contribution in [2.24, 2.45) is 0 Å². The van der Waals surface area contributed by atoms with Gasteiger partial charge in [-0.15, -0.1) is 0 Å². The smallest absolute Gasteiger partial charge is 0.303 e. The molecule has 0 aromatic heterocycles. The van der Waals surface area contributed by atoms with Gasteiger partial charge in [-0.05, 0) is 6.42 Å². The summed E-state index contributed by atoms with van der Waals surface area (Å²) in [5.74, 6) is -1.71. The molecule has 0 radical (unpaired) electrons. The van der Waals surface area contributed by atoms with E-state index in [-0.39, 0.29) is 24.8 Å². The van der Waals surface area contributed by atoms with Crippen LogP contribution in [0.2, 0.25) is 5.02 Å². The predicted octanol–water partition coefficient (Wildman–Crippen LogP) is 2.59. The monoisotopic (exact) mass is 316 g/mol. The molecule has 112 valence electrons. The highest BCUT2D eigenvalue weighted by Gasteiger charge is 2.26. The van der Waals surface area contributed by atoms with E-state index in [2.05, 4.69) is 0 Å². The molecule has 1 aromatic rings. The van der Waals surface area contributed by atoms with Gasteiger partial charge in [-0.3, -0.25) is 29.8 Å². The van der Waals surface area contributed by atoms with E-state index >= 15 is 0 Å². The largest absolute Gasteiger partial charge is 0.481 e. The predicted molar refractivity (Wildman–Crippen MR) is 70.6 cm³/mol. The van der Waals surface area contributed by atoms with Gasteiger partial charge >= 0.3 is 5.97 Å². The molecule has 0 unspecified atom stereocenters. The van der Waals surface area contributed by atoms with Gasteiger partial charge in [-0.25, -0.2) is 0 Å². The zero-order valence-corrected chi connectivity index (χ0v) is 11.2. The van der Waals surface area contributed by atoms with E-state index in [1.165, 1.54) is 0 Å². The molecule has 0 amide bonds. The van der Waals surface area contributed by atoms with Crippen LogP contribution in [0.3, 0.4) is 0 Å². The van der Waals surface area contributed by atoms with Crippen molar-refractivity contribution < 1.29 is 24.5 Å². The van der Waals surface area contributed by atoms with E-state index in [9.17, 15) is 29.8 Å². The fourth-order valence-corrected chi connectivity index (χ4v) is 1.81. The minimum atomic E-state index is -1.09. The van der Waals surface area contributed by atoms with Crippen LogP contribution in [0.5, 0.6) is 0 Å². The number of hydrogen-bond acceptors (Lipinski definition) is 6. The van der Waals surface area contributed by atoms with Crippen molar-refractivity contribution in [3.05, 3.63) is 42.9 Å². The summed E-state index contributed by atoms with van der Waals surface area (Å²) in [6.45, 7) is 0. The third-order valence-corrected chi connectivity index (χ3v) is 2.93. The Kier molecular flexibility index (Phi) is 5.30. The molecule has 0 saturated carbocycles. The molecule has 0 aliphatic heterocycles. The van der Waals surface area contributed by atoms with Gasteiger partial charge in [0.05, 0.1) is 9.85 Å². The Morgan fingerprint density at radius 3 is 1.95 bits per heavy atom. The molecule has 0 aliphatic carbocycles. The molecular weight excluding hydrogens is 308 g/mol. The van der Waals surface area contributed by atoms with E-state index in [1.807, 2.05) is 0 Å². The number of Topliss-reactive ketones (excluding diaryl/α,β-unsaturated/α-hetero) is 1. The number of rotatable bonds is 7. The highest BCUT2D eigenvalue weighted by Crippen LogP contribution is 2.35. The Morgan fingerprint density at radius 1 is 1.10 bits per heavy atom. The van der Waals surface area contributed by atoms with Crippen molar-refractivity contribution in [3.8, 4) is 0 Å². The molecular formula is C11H9ClN2O7. The number of aliphatic carboxylic acids is 1. The van der Waals surface area contributed by atoms with E-state index in [1.54, 1.807) is 0 Å². The molecule has 10 heteroatoms. The topological polar surface area (TPSA) is 141 Å². The number of ketones is 1. The molecule has 0 saturated heterocycles. The number of carboxylic acid groups (broad SMARTS) is 1. The number of carbonyl (C=O) groups is 2. The van der Waals surface area contributed by atoms with Crippen LogP contribution in [-0.2, 0) is 4.79 Å². The first-order valence-electron chi connectivity index (χ1n) is 5.61. The van der Waals surface area contributed by atoms with Crippen LogP contribution in [0.25, 0.3) is 0 Å². The number of benzene rings is 1. The maximum absolute atomic E-state index is 11.8. The first-order valence-corrected chi connectivity index (χ1v) is 5.99. The summed E-state index contributed by atoms with van der Waals surface area (Å²) >= 11 is 5.55. The molecule has 0 spiro atoms. The van der Waals surface area contributed by atoms with E-state index in [0.717, 1.165) is 12.1 Å². The SMILES string of the molecule is O=C(O)CCCC(=O)c1cc([N+](=O)[O-])c(Cl)c([N+](=O)[O-])c1. The van der Waals surface area contributed by atoms with Gasteiger partial charge in [0, 0.05) is 30.5 Å². The van der Waals surface area contributed by atoms with Gasteiger partial charge in [0.2, 0.25) is 0 Å². The molecule has 0 atom stereocenters. The number of nitrogens with zero attached hydrogens (tertiary/aromatic N) is 2. The molecule has 0 heterocycles. The summed E-state index contributed by atoms with van der Waals surface area (Å²) in [7, 11) is 0. The summed E-state index contributed by atoms with van der Waals surface area (Å²) in [5.41, 5.74) is -1.73. The first kappa shape index (κ1) is 16.5. The van der Waals surface area contributed by atoms with Gasteiger partial charge in [-0.1, -0.05) is 11.6 Å². The van der Waals surface area contributed by atoms with E-state index in [4.69, 9.17) is 16.7 Å². The minimum absolute atomic E-state index is 0.0262. The summed E-state index contributed by atoms with van der Waals surface area (Å²) in [6.07, 6.45) is -0.413. The van der Waals surface area contributed by atoms with Crippen LogP contribution in [0.4, 0.5) is 11.4 Å². The fraction of sp³-hybridized carbons (Fsp3) is 0.273. The molecule has 1 N–H and O–H groups in total. The Bertz CT molecular complexity index is 594. The molecule has 21 heavy (non-hydrogen) atoms. The number of carbonyl (C=O) groups excluding carboxylic acids is 1. The Morgan fingerprint density at radius 2 is 1.57 bits per heavy atom. The lowest BCUT2D eigenvalue weighted by molar-refractivity contribution is -0.393. The van der Waals surface area contributed by atoms with E-state index in [0.29, 0.717) is 0 Å². The second-order valence-electron chi connectivity index (χ2n) is 4.01. The molecule has 0 fully saturated rings. The highest BCUT2D eigenvalue weighted by atomic mass is 35.5. The van der Waals surface area contributed by atoms with Crippen molar-refractivity contribution in [1.82, 2.24) is 0 Å². The van der Waals surface area contributed by atoms with Gasteiger partial charge in [0.1, 0.15) is 0 Å². The van der Waals surface area contributed by atoms with E-state index < -0.39 is 38.0 Å². The molecule has 0 aliphatic rings. The van der Waals surface area contributed by atoms with Crippen molar-refractivity contribution in [2.75, 3.05) is 0 Å². The third kappa shape index (κ3) is 4.21. The quantitative estimate of drug-likeness (QED) is 0.463. The molecule has 1 aromatic carbocycles. The van der Waals surface area contributed by atoms with Crippen LogP contribution >= 0.6 is 11.6 Å². The fourth-order valence-electron chi connectivity index (χ4n) is 1.57. The van der Waals surface area contributed by atoms with Gasteiger partial charge < -0.3 is 5.11 Å². The van der Waals surface area contributed by atoms with Gasteiger partial charge in [-0.2, -0.15) is 0 Å². The van der Waals surface area contributed by atoms with Crippen molar-refractivity contribution in [3.63, 3.8) is 0 Å². The summed E-state index contributed by atoms with van der Waals surface area (Å²) < 4.78 is 0. The highest BCUT2D eigenvalue weighted by molar-refractivity contribution is 6.35. The second-order valence-corrected chi connectivity index (χ2v) is 4.39. The number of carboxylic acids is 1. The maximum atomic E-state index is 11.8. The van der Waals surface area contributed by atoms with Crippen LogP contribution in [0, 0.1) is 20.2 Å². The Labute approximate surface area is 122 Å². The normalized spacial score (nSPS) is 10.1. The molecule has 0 bridgehead atoms. The zero-order chi connectivity index (χ0) is 16.2. The number of halogens is 1. The molecule has 1 rings (SSSR count). The summed E-state index contributed by atoms with van der Waals surface area (Å²) in [6, 6.07) is 1.69. The average molecular weight is 317 g/mol. The lowest BCUT2D eigenvalue weighted by Gasteiger charge is -2.03. The van der Waals surface area contributed by atoms with Gasteiger partial charge in [0.25, 0.3) is 11.4 Å². The van der Waals surface area contributed by atoms with Crippen molar-refractivity contribution in [1.29, 1.82) is 0 Å². The standard InChI is InChI=1S/C11H9ClN2O7/c12-11-7(13(18)19)4-6(5-8(11)14(20)21)9(15)2-1-3-10(16)17/h4-5H,1-3H2,(H,16,17). The van der Waals surface area contributed by atoms with Crippen molar-refractivity contribution >= 4 is 34.7 Å². The Hall–Kier alpha value is -2.55. The van der Waals surface area contributed by atoms with Crippen LogP contribution in [0.15, 0.2) is 12.1 Å². The third-order valence-electron chi connectivity index (χ3n) is 2.54. The number of nitro benzene ring substituents is 2. The minimum Gasteiger partial charge on any atom is -0.481 e. The van der Waals surface area contributed by atoms with Crippen LogP contribution < -0.4 is 0 Å². The number of hydrogen-bond donors (Lipinski definition) is 1. The Balaban J connectivity index is 3.12. The summed E-state index contributed by atoms with van der Waals surface area (Å²) in [5, 5.41) is 29.4. The van der Waals surface area contributed by atoms with Crippen LogP contribution in [-0.4, -0.2) is 26.7 Å². The van der Waals surface area contributed by atoms with Gasteiger partial charge in [0.15, 0.2) is 10.8 Å². The lowest BCUT2D eigenvalue weighted by Crippen LogP contribution is -2.04. The molecule has 9 nitrogen and oxygen atoms in total. The summed E-state index contributed by atoms with van der Waals surface area (Å²) in [4.78, 5) is 41.9. The average Bonchev–Trinajstić information content (AvgIpc) is 2.37. The van der Waals surface area contributed by atoms with Crippen LogP contribution in [0.1, 0.15) is 29.6 Å². The lowest BCUT2D eigenvalue weighted by atomic mass is 10.0. The first-order chi connectivity index (χ1) is 9.73. The van der Waals surface area contributed by atoms with Crippen molar-refractivity contribution in [2.45, 2.75) is 19.3 Å². The maximum Gasteiger partial charge on any atom is 0.303 e. The zero-order valence-electron chi connectivity index (χ0n) is 10.4. The second kappa shape index (κ2) is 6.75. The number of nitro groups is 2.